The summed E-state index contributed by atoms with van der Waals surface area (Å²) < 4.78 is 0. The van der Waals surface area contributed by atoms with Crippen LogP contribution in [0.5, 0.6) is 0 Å². The van der Waals surface area contributed by atoms with Crippen LogP contribution < -0.4 is 0 Å². The molecule has 1 aliphatic carbocycles. The van der Waals surface area contributed by atoms with Crippen molar-refractivity contribution in [3.05, 3.63) is 0 Å². The van der Waals surface area contributed by atoms with E-state index in [0.29, 0.717) is 5.78 Å². The summed E-state index contributed by atoms with van der Waals surface area (Å²) in [6, 6.07) is 0.199. The molecule has 4 nitrogen and oxygen atoms in total. The zero-order valence-electron chi connectivity index (χ0n) is 9.90. The lowest BCUT2D eigenvalue weighted by Gasteiger charge is -2.39. The number of aliphatic hydroxyl groups excluding tert-OH is 1. The van der Waals surface area contributed by atoms with Crippen molar-refractivity contribution in [1.82, 2.24) is 9.80 Å². The van der Waals surface area contributed by atoms with Gasteiger partial charge in [-0.1, -0.05) is 6.42 Å². The fourth-order valence-corrected chi connectivity index (χ4v) is 2.79. The van der Waals surface area contributed by atoms with Crippen molar-refractivity contribution in [2.24, 2.45) is 0 Å². The maximum absolute atomic E-state index is 11.8. The molecule has 0 aromatic carbocycles. The molecule has 0 bridgehead atoms. The standard InChI is InChI=1S/C12H22N2O2/c15-10-9-13-5-7-14(8-6-13)11-3-1-2-4-12(11)16/h11,15H,1-10H2. The number of hydrogen-bond donors (Lipinski definition) is 1. The second-order valence-corrected chi connectivity index (χ2v) is 4.83. The molecule has 1 saturated heterocycles. The number of carbonyl (C=O) groups excluding carboxylic acids is 1. The van der Waals surface area contributed by atoms with Gasteiger partial charge in [-0.25, -0.2) is 0 Å². The molecule has 92 valence electrons. The molecule has 2 rings (SSSR count). The Hall–Kier alpha value is -0.450. The summed E-state index contributed by atoms with van der Waals surface area (Å²) >= 11 is 0. The van der Waals surface area contributed by atoms with E-state index in [4.69, 9.17) is 5.11 Å². The molecule has 1 heterocycles. The quantitative estimate of drug-likeness (QED) is 0.742. The Morgan fingerprint density at radius 3 is 2.56 bits per heavy atom. The van der Waals surface area contributed by atoms with Crippen molar-refractivity contribution in [3.8, 4) is 0 Å². The van der Waals surface area contributed by atoms with Crippen LogP contribution in [0.4, 0.5) is 0 Å². The van der Waals surface area contributed by atoms with Gasteiger partial charge in [-0.3, -0.25) is 14.6 Å². The number of ketones is 1. The lowest BCUT2D eigenvalue weighted by atomic mass is 9.92. The highest BCUT2D eigenvalue weighted by atomic mass is 16.3. The first-order valence-electron chi connectivity index (χ1n) is 6.41. The van der Waals surface area contributed by atoms with Crippen molar-refractivity contribution in [3.63, 3.8) is 0 Å². The third-order valence-electron chi connectivity index (χ3n) is 3.79. The summed E-state index contributed by atoms with van der Waals surface area (Å²) in [5.74, 6) is 0.446. The molecule has 0 radical (unpaired) electrons. The van der Waals surface area contributed by atoms with Crippen LogP contribution in [0.3, 0.4) is 0 Å². The summed E-state index contributed by atoms with van der Waals surface area (Å²) in [6.45, 7) is 4.95. The van der Waals surface area contributed by atoms with Gasteiger partial charge in [0.1, 0.15) is 5.78 Å². The molecule has 4 heteroatoms. The number of carbonyl (C=O) groups is 1. The molecule has 0 aromatic rings. The Kier molecular flexibility index (Phi) is 4.32. The molecular formula is C12H22N2O2. The van der Waals surface area contributed by atoms with Gasteiger partial charge in [0.05, 0.1) is 12.6 Å². The van der Waals surface area contributed by atoms with E-state index < -0.39 is 0 Å². The van der Waals surface area contributed by atoms with Crippen LogP contribution in [0.25, 0.3) is 0 Å². The molecule has 1 atom stereocenters. The Morgan fingerprint density at radius 1 is 1.19 bits per heavy atom. The maximum Gasteiger partial charge on any atom is 0.149 e. The van der Waals surface area contributed by atoms with Crippen molar-refractivity contribution in [2.45, 2.75) is 31.7 Å². The molecule has 1 saturated carbocycles. The maximum atomic E-state index is 11.8. The van der Waals surface area contributed by atoms with Gasteiger partial charge in [0.25, 0.3) is 0 Å². The van der Waals surface area contributed by atoms with Crippen LogP contribution in [0.1, 0.15) is 25.7 Å². The fraction of sp³-hybridized carbons (Fsp3) is 0.917. The molecule has 2 aliphatic rings. The van der Waals surface area contributed by atoms with E-state index >= 15 is 0 Å². The SMILES string of the molecule is O=C1CCCCC1N1CCN(CCO)CC1. The summed E-state index contributed by atoms with van der Waals surface area (Å²) in [5, 5.41) is 8.87. The number of rotatable bonds is 3. The number of nitrogens with zero attached hydrogens (tertiary/aromatic N) is 2. The van der Waals surface area contributed by atoms with Gasteiger partial charge in [0.15, 0.2) is 0 Å². The third kappa shape index (κ3) is 2.81. The van der Waals surface area contributed by atoms with Crippen LogP contribution in [0.15, 0.2) is 0 Å². The van der Waals surface area contributed by atoms with Crippen molar-refractivity contribution >= 4 is 5.78 Å². The summed E-state index contributed by atoms with van der Waals surface area (Å²) in [7, 11) is 0. The topological polar surface area (TPSA) is 43.8 Å². The molecule has 0 spiro atoms. The largest absolute Gasteiger partial charge is 0.395 e. The van der Waals surface area contributed by atoms with Gasteiger partial charge >= 0.3 is 0 Å². The third-order valence-corrected chi connectivity index (χ3v) is 3.79. The van der Waals surface area contributed by atoms with E-state index in [1.807, 2.05) is 0 Å². The van der Waals surface area contributed by atoms with E-state index in [1.165, 1.54) is 6.42 Å². The first kappa shape index (κ1) is 12.0. The smallest absolute Gasteiger partial charge is 0.149 e. The highest BCUT2D eigenvalue weighted by molar-refractivity contribution is 5.84. The predicted molar refractivity (Wildman–Crippen MR) is 62.4 cm³/mol. The minimum Gasteiger partial charge on any atom is -0.395 e. The number of hydrogen-bond acceptors (Lipinski definition) is 4. The fourth-order valence-electron chi connectivity index (χ4n) is 2.79. The predicted octanol–water partition coefficient (Wildman–Crippen LogP) is 0.108. The molecule has 1 unspecified atom stereocenters. The van der Waals surface area contributed by atoms with Crippen LogP contribution in [0, 0.1) is 0 Å². The Balaban J connectivity index is 1.81. The van der Waals surface area contributed by atoms with E-state index in [0.717, 1.165) is 52.0 Å². The van der Waals surface area contributed by atoms with E-state index in [9.17, 15) is 4.79 Å². The molecule has 1 N–H and O–H groups in total. The van der Waals surface area contributed by atoms with Gasteiger partial charge < -0.3 is 5.11 Å². The van der Waals surface area contributed by atoms with E-state index in [2.05, 4.69) is 9.80 Å². The molecular weight excluding hydrogens is 204 g/mol. The van der Waals surface area contributed by atoms with Crippen molar-refractivity contribution < 1.29 is 9.90 Å². The molecule has 0 aromatic heterocycles. The van der Waals surface area contributed by atoms with Crippen LogP contribution in [0.2, 0.25) is 0 Å². The van der Waals surface area contributed by atoms with Gasteiger partial charge in [-0.15, -0.1) is 0 Å². The molecule has 1 aliphatic heterocycles. The Bertz CT molecular complexity index is 237. The van der Waals surface area contributed by atoms with Gasteiger partial charge in [0.2, 0.25) is 0 Å². The molecule has 16 heavy (non-hydrogen) atoms. The zero-order chi connectivity index (χ0) is 11.4. The zero-order valence-corrected chi connectivity index (χ0v) is 9.90. The number of β-amino-alcohol motifs (C(OH)–C–C–N with tert-alkyl or cyclic N) is 1. The normalized spacial score (nSPS) is 29.6. The second kappa shape index (κ2) is 5.75. The van der Waals surface area contributed by atoms with Gasteiger partial charge in [0, 0.05) is 39.1 Å². The molecule has 2 fully saturated rings. The van der Waals surface area contributed by atoms with E-state index in [1.54, 1.807) is 0 Å². The monoisotopic (exact) mass is 226 g/mol. The Morgan fingerprint density at radius 2 is 1.94 bits per heavy atom. The highest BCUT2D eigenvalue weighted by Crippen LogP contribution is 2.20. The lowest BCUT2D eigenvalue weighted by Crippen LogP contribution is -2.53. The summed E-state index contributed by atoms with van der Waals surface area (Å²) in [6.07, 6.45) is 4.12. The lowest BCUT2D eigenvalue weighted by molar-refractivity contribution is -0.127. The van der Waals surface area contributed by atoms with Gasteiger partial charge in [-0.2, -0.15) is 0 Å². The van der Waals surface area contributed by atoms with Crippen LogP contribution >= 0.6 is 0 Å². The van der Waals surface area contributed by atoms with Crippen LogP contribution in [-0.2, 0) is 4.79 Å². The summed E-state index contributed by atoms with van der Waals surface area (Å²) in [4.78, 5) is 16.4. The highest BCUT2D eigenvalue weighted by Gasteiger charge is 2.30. The van der Waals surface area contributed by atoms with Crippen LogP contribution in [-0.4, -0.2) is 66.1 Å². The van der Waals surface area contributed by atoms with Crippen molar-refractivity contribution in [2.75, 3.05) is 39.3 Å². The first-order valence-corrected chi connectivity index (χ1v) is 6.41. The minimum atomic E-state index is 0.199. The number of Topliss-reactive ketones (excluding diaryl/α,β-unsaturated/α-hetero) is 1. The Labute approximate surface area is 97.2 Å². The van der Waals surface area contributed by atoms with Crippen molar-refractivity contribution in [1.29, 1.82) is 0 Å². The second-order valence-electron chi connectivity index (χ2n) is 4.83. The average molecular weight is 226 g/mol. The average Bonchev–Trinajstić information content (AvgIpc) is 2.31. The molecule has 0 amide bonds. The number of aliphatic hydroxyl groups is 1. The van der Waals surface area contributed by atoms with E-state index in [-0.39, 0.29) is 12.6 Å². The first-order chi connectivity index (χ1) is 7.81. The minimum absolute atomic E-state index is 0.199. The number of piperazine rings is 1. The summed E-state index contributed by atoms with van der Waals surface area (Å²) in [5.41, 5.74) is 0. The van der Waals surface area contributed by atoms with Gasteiger partial charge in [-0.05, 0) is 12.8 Å².